The van der Waals surface area contributed by atoms with Gasteiger partial charge in [-0.05, 0) is 46.7 Å². The summed E-state index contributed by atoms with van der Waals surface area (Å²) in [6.45, 7) is 2.46. The Morgan fingerprint density at radius 1 is 0.935 bits per heavy atom. The molecule has 0 spiro atoms. The Labute approximate surface area is 180 Å². The van der Waals surface area contributed by atoms with Crippen LogP contribution < -0.4 is 4.90 Å². The van der Waals surface area contributed by atoms with Gasteiger partial charge in [0.15, 0.2) is 0 Å². The molecule has 156 valence electrons. The summed E-state index contributed by atoms with van der Waals surface area (Å²) in [7, 11) is 0. The van der Waals surface area contributed by atoms with E-state index in [4.69, 9.17) is 4.74 Å². The Hall–Kier alpha value is -3.60. The zero-order valence-corrected chi connectivity index (χ0v) is 17.2. The van der Waals surface area contributed by atoms with Crippen molar-refractivity contribution in [2.45, 2.75) is 25.2 Å². The highest BCUT2D eigenvalue weighted by Crippen LogP contribution is 2.45. The van der Waals surface area contributed by atoms with Gasteiger partial charge >= 0.3 is 12.1 Å². The van der Waals surface area contributed by atoms with Crippen LogP contribution in [0.2, 0.25) is 0 Å². The number of carbonyl (C=O) groups excluding carboxylic acids is 1. The Balaban J connectivity index is 1.41. The van der Waals surface area contributed by atoms with E-state index in [1.165, 1.54) is 11.1 Å². The van der Waals surface area contributed by atoms with Crippen LogP contribution in [0.5, 0.6) is 0 Å². The van der Waals surface area contributed by atoms with Gasteiger partial charge in [-0.25, -0.2) is 4.79 Å². The topological polar surface area (TPSA) is 66.8 Å². The quantitative estimate of drug-likeness (QED) is 0.631. The third kappa shape index (κ3) is 3.17. The lowest BCUT2D eigenvalue weighted by atomic mass is 9.88. The second-order valence-corrected chi connectivity index (χ2v) is 8.15. The van der Waals surface area contributed by atoms with Crippen molar-refractivity contribution in [1.29, 1.82) is 0 Å². The van der Waals surface area contributed by atoms with Gasteiger partial charge < -0.3 is 9.84 Å². The number of nitrogens with zero attached hydrogens (tertiary/aromatic N) is 1. The average molecular weight is 413 g/mol. The molecule has 1 heterocycles. The van der Waals surface area contributed by atoms with Crippen LogP contribution in [-0.4, -0.2) is 30.3 Å². The summed E-state index contributed by atoms with van der Waals surface area (Å²) < 4.78 is 5.83. The number of rotatable bonds is 3. The predicted molar refractivity (Wildman–Crippen MR) is 119 cm³/mol. The van der Waals surface area contributed by atoms with E-state index < -0.39 is 18.0 Å². The molecule has 1 amide bonds. The van der Waals surface area contributed by atoms with Crippen molar-refractivity contribution in [3.8, 4) is 11.1 Å². The molecule has 0 bridgehead atoms. The van der Waals surface area contributed by atoms with Crippen LogP contribution in [0.3, 0.4) is 0 Å². The number of amides is 1. The first-order chi connectivity index (χ1) is 15.1. The van der Waals surface area contributed by atoms with E-state index >= 15 is 0 Å². The number of ether oxygens (including phenoxy) is 1. The van der Waals surface area contributed by atoms with E-state index in [1.54, 1.807) is 11.0 Å². The van der Waals surface area contributed by atoms with Gasteiger partial charge in [0.05, 0.1) is 11.6 Å². The van der Waals surface area contributed by atoms with Gasteiger partial charge in [-0.15, -0.1) is 0 Å². The fraction of sp³-hybridized carbons (Fsp3) is 0.231. The van der Waals surface area contributed by atoms with Gasteiger partial charge in [-0.3, -0.25) is 9.69 Å². The first kappa shape index (κ1) is 19.4. The minimum absolute atomic E-state index is 0.00995. The summed E-state index contributed by atoms with van der Waals surface area (Å²) in [5, 5.41) is 9.60. The molecule has 2 aliphatic rings. The van der Waals surface area contributed by atoms with Crippen LogP contribution in [0.25, 0.3) is 11.1 Å². The van der Waals surface area contributed by atoms with E-state index in [0.29, 0.717) is 24.2 Å². The molecule has 3 aromatic carbocycles. The molecule has 0 fully saturated rings. The molecular weight excluding hydrogens is 390 g/mol. The maximum Gasteiger partial charge on any atom is 0.414 e. The number of anilines is 1. The van der Waals surface area contributed by atoms with Gasteiger partial charge in [0, 0.05) is 12.5 Å². The number of para-hydroxylation sites is 1. The van der Waals surface area contributed by atoms with Crippen molar-refractivity contribution in [2.24, 2.45) is 0 Å². The summed E-state index contributed by atoms with van der Waals surface area (Å²) in [5.74, 6) is -1.48. The Morgan fingerprint density at radius 3 is 2.19 bits per heavy atom. The van der Waals surface area contributed by atoms with Gasteiger partial charge in [0.25, 0.3) is 0 Å². The second kappa shape index (κ2) is 7.58. The zero-order chi connectivity index (χ0) is 21.5. The Morgan fingerprint density at radius 2 is 1.55 bits per heavy atom. The molecule has 5 heteroatoms. The van der Waals surface area contributed by atoms with Gasteiger partial charge in [-0.2, -0.15) is 0 Å². The van der Waals surface area contributed by atoms with Crippen LogP contribution >= 0.6 is 0 Å². The molecular formula is C26H23NO4. The number of hydrogen-bond acceptors (Lipinski definition) is 3. The third-order valence-corrected chi connectivity index (χ3v) is 6.41. The Bertz CT molecular complexity index is 1140. The standard InChI is InChI=1S/C26H23NO4/c1-16-7-6-12-21-22(25(28)29)13-14-27(24(16)21)26(30)31-15-23-19-10-4-2-8-17(19)18-9-3-5-11-20(18)23/h2-12,22-23H,13-15H2,1H3,(H,28,29). The highest BCUT2D eigenvalue weighted by atomic mass is 16.6. The number of carboxylic acids is 1. The third-order valence-electron chi connectivity index (χ3n) is 6.41. The summed E-state index contributed by atoms with van der Waals surface area (Å²) in [4.78, 5) is 26.4. The average Bonchev–Trinajstić information content (AvgIpc) is 3.10. The number of aryl methyl sites for hydroxylation is 1. The molecule has 1 unspecified atom stereocenters. The van der Waals surface area contributed by atoms with Crippen molar-refractivity contribution >= 4 is 17.7 Å². The molecule has 5 rings (SSSR count). The number of carbonyl (C=O) groups is 2. The maximum absolute atomic E-state index is 13.1. The first-order valence-corrected chi connectivity index (χ1v) is 10.5. The van der Waals surface area contributed by atoms with Gasteiger partial charge in [-0.1, -0.05) is 66.7 Å². The normalized spacial score (nSPS) is 16.9. The lowest BCUT2D eigenvalue weighted by Crippen LogP contribution is -2.39. The van der Waals surface area contributed by atoms with Crippen molar-refractivity contribution in [1.82, 2.24) is 0 Å². The summed E-state index contributed by atoms with van der Waals surface area (Å²) in [6.07, 6.45) is -0.0584. The molecule has 31 heavy (non-hydrogen) atoms. The van der Waals surface area contributed by atoms with Crippen LogP contribution in [0.15, 0.2) is 66.7 Å². The molecule has 1 aliphatic heterocycles. The van der Waals surface area contributed by atoms with Crippen molar-refractivity contribution < 1.29 is 19.4 Å². The van der Waals surface area contributed by atoms with Crippen LogP contribution in [-0.2, 0) is 9.53 Å². The van der Waals surface area contributed by atoms with E-state index in [0.717, 1.165) is 16.7 Å². The highest BCUT2D eigenvalue weighted by Gasteiger charge is 2.35. The molecule has 5 nitrogen and oxygen atoms in total. The molecule has 0 radical (unpaired) electrons. The molecule has 3 aromatic rings. The molecule has 0 saturated carbocycles. The lowest BCUT2D eigenvalue weighted by Gasteiger charge is -2.33. The monoisotopic (exact) mass is 413 g/mol. The number of fused-ring (bicyclic) bond motifs is 4. The largest absolute Gasteiger partial charge is 0.481 e. The molecule has 1 atom stereocenters. The van der Waals surface area contributed by atoms with E-state index in [-0.39, 0.29) is 12.5 Å². The maximum atomic E-state index is 13.1. The van der Waals surface area contributed by atoms with Crippen LogP contribution in [0.1, 0.15) is 40.5 Å². The number of hydrogen-bond donors (Lipinski definition) is 1. The number of benzene rings is 3. The summed E-state index contributed by atoms with van der Waals surface area (Å²) in [6, 6.07) is 22.0. The fourth-order valence-electron chi connectivity index (χ4n) is 4.97. The van der Waals surface area contributed by atoms with Crippen molar-refractivity contribution in [2.75, 3.05) is 18.1 Å². The van der Waals surface area contributed by atoms with E-state index in [1.807, 2.05) is 43.3 Å². The smallest absolute Gasteiger partial charge is 0.414 e. The summed E-state index contributed by atoms with van der Waals surface area (Å²) >= 11 is 0. The lowest BCUT2D eigenvalue weighted by molar-refractivity contribution is -0.139. The van der Waals surface area contributed by atoms with Crippen molar-refractivity contribution in [3.05, 3.63) is 89.0 Å². The SMILES string of the molecule is Cc1cccc2c1N(C(=O)OCC1c3ccccc3-c3ccccc31)CCC2C(=O)O. The van der Waals surface area contributed by atoms with Crippen LogP contribution in [0.4, 0.5) is 10.5 Å². The fourth-order valence-corrected chi connectivity index (χ4v) is 4.97. The number of carboxylic acid groups (broad SMARTS) is 1. The van der Waals surface area contributed by atoms with Crippen LogP contribution in [0, 0.1) is 6.92 Å². The molecule has 0 aromatic heterocycles. The number of aliphatic carboxylic acids is 1. The second-order valence-electron chi connectivity index (χ2n) is 8.15. The van der Waals surface area contributed by atoms with Gasteiger partial charge in [0.1, 0.15) is 6.61 Å². The minimum atomic E-state index is -0.862. The highest BCUT2D eigenvalue weighted by molar-refractivity contribution is 5.93. The molecule has 1 N–H and O–H groups in total. The summed E-state index contributed by atoms with van der Waals surface area (Å²) in [5.41, 5.74) is 6.91. The Kier molecular flexibility index (Phi) is 4.74. The van der Waals surface area contributed by atoms with Crippen molar-refractivity contribution in [3.63, 3.8) is 0 Å². The minimum Gasteiger partial charge on any atom is -0.481 e. The van der Waals surface area contributed by atoms with Gasteiger partial charge in [0.2, 0.25) is 0 Å². The predicted octanol–water partition coefficient (Wildman–Crippen LogP) is 5.32. The van der Waals surface area contributed by atoms with E-state index in [9.17, 15) is 14.7 Å². The first-order valence-electron chi connectivity index (χ1n) is 10.5. The molecule has 1 aliphatic carbocycles. The zero-order valence-electron chi connectivity index (χ0n) is 17.2. The molecule has 0 saturated heterocycles. The van der Waals surface area contributed by atoms with E-state index in [2.05, 4.69) is 24.3 Å².